The maximum atomic E-state index is 4.50. The molecule has 1 saturated heterocycles. The van der Waals surface area contributed by atoms with Gasteiger partial charge in [-0.3, -0.25) is 0 Å². The Hall–Kier alpha value is -1.16. The van der Waals surface area contributed by atoms with E-state index in [1.54, 1.807) is 6.33 Å². The van der Waals surface area contributed by atoms with E-state index in [1.165, 1.54) is 19.3 Å². The lowest BCUT2D eigenvalue weighted by Gasteiger charge is -2.34. The topological polar surface area (TPSA) is 41.0 Å². The van der Waals surface area contributed by atoms with Crippen molar-refractivity contribution in [1.82, 2.24) is 15.3 Å². The van der Waals surface area contributed by atoms with Gasteiger partial charge in [-0.15, -0.1) is 0 Å². The van der Waals surface area contributed by atoms with Crippen LogP contribution in [0.4, 0.5) is 5.82 Å². The highest BCUT2D eigenvalue weighted by molar-refractivity contribution is 5.40. The normalized spacial score (nSPS) is 19.6. The van der Waals surface area contributed by atoms with E-state index in [0.29, 0.717) is 18.0 Å². The zero-order chi connectivity index (χ0) is 14.5. The van der Waals surface area contributed by atoms with Gasteiger partial charge >= 0.3 is 0 Å². The zero-order valence-electron chi connectivity index (χ0n) is 13.3. The van der Waals surface area contributed by atoms with Crippen LogP contribution in [0.3, 0.4) is 0 Å². The molecule has 0 spiro atoms. The summed E-state index contributed by atoms with van der Waals surface area (Å²) < 4.78 is 0. The summed E-state index contributed by atoms with van der Waals surface area (Å²) in [5, 5.41) is 3.63. The SMILES string of the molecule is CC(C)c1cc(N(CC2CCCCN2)C(C)C)ncn1. The van der Waals surface area contributed by atoms with E-state index in [4.69, 9.17) is 0 Å². The molecule has 1 N–H and O–H groups in total. The van der Waals surface area contributed by atoms with Gasteiger partial charge in [-0.2, -0.15) is 0 Å². The monoisotopic (exact) mass is 276 g/mol. The van der Waals surface area contributed by atoms with E-state index >= 15 is 0 Å². The predicted molar refractivity (Wildman–Crippen MR) is 84.2 cm³/mol. The van der Waals surface area contributed by atoms with Crippen LogP contribution in [0, 0.1) is 0 Å². The minimum atomic E-state index is 0.443. The first-order valence-electron chi connectivity index (χ1n) is 7.90. The zero-order valence-corrected chi connectivity index (χ0v) is 13.3. The third kappa shape index (κ3) is 3.92. The van der Waals surface area contributed by atoms with E-state index in [1.807, 2.05) is 0 Å². The van der Waals surface area contributed by atoms with Crippen LogP contribution in [-0.2, 0) is 0 Å². The van der Waals surface area contributed by atoms with Crippen LogP contribution in [-0.4, -0.2) is 35.1 Å². The average molecular weight is 276 g/mol. The fraction of sp³-hybridized carbons (Fsp3) is 0.750. The molecular formula is C16H28N4. The highest BCUT2D eigenvalue weighted by atomic mass is 15.2. The van der Waals surface area contributed by atoms with Crippen molar-refractivity contribution in [3.05, 3.63) is 18.1 Å². The van der Waals surface area contributed by atoms with Gasteiger partial charge in [-0.05, 0) is 39.2 Å². The Kier molecular flexibility index (Phi) is 5.35. The summed E-state index contributed by atoms with van der Waals surface area (Å²) >= 11 is 0. The quantitative estimate of drug-likeness (QED) is 0.897. The number of nitrogens with one attached hydrogen (secondary N) is 1. The maximum Gasteiger partial charge on any atom is 0.132 e. The van der Waals surface area contributed by atoms with Crippen LogP contribution in [0.5, 0.6) is 0 Å². The standard InChI is InChI=1S/C16H28N4/c1-12(2)15-9-16(19-11-18-15)20(13(3)4)10-14-7-5-6-8-17-14/h9,11-14,17H,5-8,10H2,1-4H3. The maximum absolute atomic E-state index is 4.50. The lowest BCUT2D eigenvalue weighted by Crippen LogP contribution is -2.46. The van der Waals surface area contributed by atoms with Crippen molar-refractivity contribution in [3.8, 4) is 0 Å². The second kappa shape index (κ2) is 7.02. The molecule has 1 aromatic heterocycles. The van der Waals surface area contributed by atoms with Crippen LogP contribution in [0.2, 0.25) is 0 Å². The number of rotatable bonds is 5. The Morgan fingerprint density at radius 1 is 1.25 bits per heavy atom. The van der Waals surface area contributed by atoms with Gasteiger partial charge in [0.1, 0.15) is 12.1 Å². The molecule has 1 unspecified atom stereocenters. The number of hydrogen-bond acceptors (Lipinski definition) is 4. The molecule has 0 aliphatic carbocycles. The van der Waals surface area contributed by atoms with Gasteiger partial charge in [0.2, 0.25) is 0 Å². The van der Waals surface area contributed by atoms with Gasteiger partial charge < -0.3 is 10.2 Å². The summed E-state index contributed by atoms with van der Waals surface area (Å²) in [5.74, 6) is 1.50. The molecule has 20 heavy (non-hydrogen) atoms. The van der Waals surface area contributed by atoms with Gasteiger partial charge in [0, 0.05) is 30.4 Å². The van der Waals surface area contributed by atoms with E-state index in [0.717, 1.165) is 24.6 Å². The first-order chi connectivity index (χ1) is 9.58. The Labute approximate surface area is 123 Å². The van der Waals surface area contributed by atoms with E-state index in [-0.39, 0.29) is 0 Å². The number of nitrogens with zero attached hydrogens (tertiary/aromatic N) is 3. The van der Waals surface area contributed by atoms with E-state index in [2.05, 4.69) is 53.9 Å². The molecule has 2 rings (SSSR count). The largest absolute Gasteiger partial charge is 0.353 e. The van der Waals surface area contributed by atoms with Crippen LogP contribution in [0.25, 0.3) is 0 Å². The summed E-state index contributed by atoms with van der Waals surface area (Å²) in [6.45, 7) is 11.0. The lowest BCUT2D eigenvalue weighted by molar-refractivity contribution is 0.392. The molecular weight excluding hydrogens is 248 g/mol. The number of anilines is 1. The molecule has 1 aliphatic heterocycles. The van der Waals surface area contributed by atoms with Crippen molar-refractivity contribution in [2.45, 2.75) is 65.0 Å². The molecule has 1 fully saturated rings. The van der Waals surface area contributed by atoms with E-state index in [9.17, 15) is 0 Å². The van der Waals surface area contributed by atoms with Crippen molar-refractivity contribution >= 4 is 5.82 Å². The van der Waals surface area contributed by atoms with Crippen LogP contribution < -0.4 is 10.2 Å². The Morgan fingerprint density at radius 2 is 2.05 bits per heavy atom. The first-order valence-corrected chi connectivity index (χ1v) is 7.90. The number of piperidine rings is 1. The molecule has 0 bridgehead atoms. The van der Waals surface area contributed by atoms with Crippen molar-refractivity contribution in [2.75, 3.05) is 18.0 Å². The summed E-state index contributed by atoms with van der Waals surface area (Å²) in [6, 6.07) is 3.19. The molecule has 1 aliphatic rings. The van der Waals surface area contributed by atoms with Crippen molar-refractivity contribution in [2.24, 2.45) is 0 Å². The molecule has 112 valence electrons. The third-order valence-electron chi connectivity index (χ3n) is 4.01. The number of hydrogen-bond donors (Lipinski definition) is 1. The molecule has 4 heteroatoms. The Balaban J connectivity index is 2.13. The Bertz CT molecular complexity index is 411. The molecule has 0 aromatic carbocycles. The van der Waals surface area contributed by atoms with Gasteiger partial charge in [0.25, 0.3) is 0 Å². The van der Waals surface area contributed by atoms with Crippen LogP contribution in [0.1, 0.15) is 58.6 Å². The summed E-state index contributed by atoms with van der Waals surface area (Å²) in [6.07, 6.45) is 5.62. The molecule has 1 atom stereocenters. The highest BCUT2D eigenvalue weighted by Gasteiger charge is 2.20. The molecule has 4 nitrogen and oxygen atoms in total. The van der Waals surface area contributed by atoms with Crippen molar-refractivity contribution in [1.29, 1.82) is 0 Å². The second-order valence-corrected chi connectivity index (χ2v) is 6.35. The van der Waals surface area contributed by atoms with Gasteiger partial charge in [0.15, 0.2) is 0 Å². The minimum absolute atomic E-state index is 0.443. The smallest absolute Gasteiger partial charge is 0.132 e. The second-order valence-electron chi connectivity index (χ2n) is 6.35. The fourth-order valence-corrected chi connectivity index (χ4v) is 2.72. The summed E-state index contributed by atoms with van der Waals surface area (Å²) in [5.41, 5.74) is 1.12. The van der Waals surface area contributed by atoms with Gasteiger partial charge in [0.05, 0.1) is 0 Å². The highest BCUT2D eigenvalue weighted by Crippen LogP contribution is 2.20. The van der Waals surface area contributed by atoms with Crippen LogP contribution >= 0.6 is 0 Å². The summed E-state index contributed by atoms with van der Waals surface area (Å²) in [4.78, 5) is 11.3. The number of aromatic nitrogens is 2. The lowest BCUT2D eigenvalue weighted by atomic mass is 10.0. The third-order valence-corrected chi connectivity index (χ3v) is 4.01. The van der Waals surface area contributed by atoms with Gasteiger partial charge in [-0.1, -0.05) is 20.3 Å². The van der Waals surface area contributed by atoms with Crippen molar-refractivity contribution in [3.63, 3.8) is 0 Å². The average Bonchev–Trinajstić information content (AvgIpc) is 2.45. The minimum Gasteiger partial charge on any atom is -0.353 e. The molecule has 1 aromatic rings. The molecule has 0 amide bonds. The molecule has 0 radical (unpaired) electrons. The van der Waals surface area contributed by atoms with Gasteiger partial charge in [-0.25, -0.2) is 9.97 Å². The van der Waals surface area contributed by atoms with Crippen LogP contribution in [0.15, 0.2) is 12.4 Å². The molecule has 0 saturated carbocycles. The predicted octanol–water partition coefficient (Wildman–Crippen LogP) is 2.96. The molecule has 2 heterocycles. The fourth-order valence-electron chi connectivity index (χ4n) is 2.72. The van der Waals surface area contributed by atoms with Crippen molar-refractivity contribution < 1.29 is 0 Å². The summed E-state index contributed by atoms with van der Waals surface area (Å²) in [7, 11) is 0. The van der Waals surface area contributed by atoms with E-state index < -0.39 is 0 Å². The Morgan fingerprint density at radius 3 is 2.65 bits per heavy atom. The first kappa shape index (κ1) is 15.2.